The average molecular weight is 373 g/mol. The normalized spacial score (nSPS) is 24.4. The topological polar surface area (TPSA) is 40.5 Å². The van der Waals surface area contributed by atoms with Crippen LogP contribution in [0.15, 0.2) is 60.7 Å². The maximum absolute atomic E-state index is 12.1. The Labute approximate surface area is 156 Å². The minimum Gasteiger partial charge on any atom is -0.395 e. The first-order chi connectivity index (χ1) is 11.8. The molecule has 25 heavy (non-hydrogen) atoms. The molecule has 0 spiro atoms. The summed E-state index contributed by atoms with van der Waals surface area (Å²) in [6, 6.07) is 21.2. The highest BCUT2D eigenvalue weighted by Crippen LogP contribution is 2.54. The van der Waals surface area contributed by atoms with E-state index in [1.165, 1.54) is 10.4 Å². The minimum absolute atomic E-state index is 0.0815. The summed E-state index contributed by atoms with van der Waals surface area (Å²) in [5.74, 6) is 0. The van der Waals surface area contributed by atoms with Crippen LogP contribution in [-0.4, -0.2) is 34.7 Å². The molecule has 1 saturated heterocycles. The highest BCUT2D eigenvalue weighted by molar-refractivity contribution is 8.03. The van der Waals surface area contributed by atoms with Crippen molar-refractivity contribution < 1.29 is 10.2 Å². The van der Waals surface area contributed by atoms with Crippen molar-refractivity contribution in [3.8, 4) is 0 Å². The fourth-order valence-corrected chi connectivity index (χ4v) is 14.6. The molecule has 4 heteroatoms. The largest absolute Gasteiger partial charge is 0.395 e. The fraction of sp³-hybridized carbons (Fsp3) is 0.429. The Morgan fingerprint density at radius 2 is 1.48 bits per heavy atom. The van der Waals surface area contributed by atoms with Crippen molar-refractivity contribution in [2.45, 2.75) is 48.5 Å². The lowest BCUT2D eigenvalue weighted by Crippen LogP contribution is -2.76. The lowest BCUT2D eigenvalue weighted by molar-refractivity contribution is 0.202. The summed E-state index contributed by atoms with van der Waals surface area (Å²) < 4.78 is -0.832. The molecular formula is C21H28O2SSi. The Kier molecular flexibility index (Phi) is 5.17. The summed E-state index contributed by atoms with van der Waals surface area (Å²) in [5, 5.41) is 24.3. The molecule has 0 saturated carbocycles. The van der Waals surface area contributed by atoms with Crippen LogP contribution in [0, 0.1) is 0 Å². The Balaban J connectivity index is 2.31. The van der Waals surface area contributed by atoms with Crippen molar-refractivity contribution in [1.82, 2.24) is 0 Å². The second-order valence-corrected chi connectivity index (χ2v) is 14.9. The third kappa shape index (κ3) is 2.99. The van der Waals surface area contributed by atoms with Crippen LogP contribution in [0.4, 0.5) is 0 Å². The quantitative estimate of drug-likeness (QED) is 0.810. The molecule has 2 nitrogen and oxygen atoms in total. The van der Waals surface area contributed by atoms with Crippen LogP contribution in [0.2, 0.25) is 5.04 Å². The second-order valence-electron chi connectivity index (χ2n) is 7.98. The van der Waals surface area contributed by atoms with Gasteiger partial charge in [0, 0.05) is 5.25 Å². The molecule has 0 bridgehead atoms. The van der Waals surface area contributed by atoms with Crippen LogP contribution in [0.25, 0.3) is 0 Å². The highest BCUT2D eigenvalue weighted by Gasteiger charge is 2.63. The van der Waals surface area contributed by atoms with Crippen molar-refractivity contribution >= 4 is 30.2 Å². The van der Waals surface area contributed by atoms with Crippen molar-refractivity contribution in [3.05, 3.63) is 60.7 Å². The fourth-order valence-electron chi connectivity index (χ4n) is 4.60. The Morgan fingerprint density at radius 1 is 1.00 bits per heavy atom. The molecule has 134 valence electrons. The van der Waals surface area contributed by atoms with E-state index in [4.69, 9.17) is 0 Å². The zero-order valence-electron chi connectivity index (χ0n) is 15.3. The molecule has 2 aromatic rings. The summed E-state index contributed by atoms with van der Waals surface area (Å²) in [6.45, 7) is 6.93. The molecule has 3 rings (SSSR count). The van der Waals surface area contributed by atoms with Gasteiger partial charge in [0.25, 0.3) is 0 Å². The average Bonchev–Trinajstić information content (AvgIpc) is 2.98. The summed E-state index contributed by atoms with van der Waals surface area (Å²) in [7, 11) is -2.59. The molecule has 2 N–H and O–H groups in total. The van der Waals surface area contributed by atoms with Gasteiger partial charge in [-0.1, -0.05) is 81.4 Å². The van der Waals surface area contributed by atoms with Gasteiger partial charge in [-0.05, 0) is 28.3 Å². The molecule has 1 aliphatic heterocycles. The molecule has 0 aromatic heterocycles. The maximum atomic E-state index is 12.1. The van der Waals surface area contributed by atoms with Gasteiger partial charge in [0.15, 0.2) is 8.07 Å². The van der Waals surface area contributed by atoms with E-state index in [9.17, 15) is 10.2 Å². The summed E-state index contributed by atoms with van der Waals surface area (Å²) >= 11 is 1.60. The number of thioether (sulfide) groups is 1. The molecule has 0 aliphatic carbocycles. The van der Waals surface area contributed by atoms with Gasteiger partial charge >= 0.3 is 0 Å². The van der Waals surface area contributed by atoms with Crippen LogP contribution >= 0.6 is 11.8 Å². The van der Waals surface area contributed by atoms with E-state index in [2.05, 4.69) is 69.3 Å². The van der Waals surface area contributed by atoms with E-state index in [-0.39, 0.29) is 16.9 Å². The number of benzene rings is 2. The van der Waals surface area contributed by atoms with Gasteiger partial charge in [-0.25, -0.2) is 0 Å². The standard InChI is InChI=1S/C21H28O2SSi/c1-20(2,3)25(18-10-6-4-7-11-18,19-12-8-5-9-13-19)21(23)15-14-17(16-22)24-21/h4-13,17,22-23H,14-16H2,1-3H3/t17-,21?/m0/s1. The first kappa shape index (κ1) is 18.7. The van der Waals surface area contributed by atoms with Crippen LogP contribution in [-0.2, 0) is 0 Å². The number of aliphatic hydroxyl groups is 2. The summed E-state index contributed by atoms with van der Waals surface area (Å²) in [6.07, 6.45) is 1.60. The van der Waals surface area contributed by atoms with Crippen LogP contribution in [0.5, 0.6) is 0 Å². The van der Waals surface area contributed by atoms with Crippen LogP contribution < -0.4 is 10.4 Å². The third-order valence-electron chi connectivity index (χ3n) is 5.50. The third-order valence-corrected chi connectivity index (χ3v) is 14.1. The number of rotatable bonds is 4. The second kappa shape index (κ2) is 6.91. The van der Waals surface area contributed by atoms with Crippen LogP contribution in [0.3, 0.4) is 0 Å². The molecule has 1 unspecified atom stereocenters. The smallest absolute Gasteiger partial charge is 0.170 e. The number of aliphatic hydroxyl groups excluding tert-OH is 1. The molecule has 2 aromatic carbocycles. The lowest BCUT2D eigenvalue weighted by Gasteiger charge is -2.52. The van der Waals surface area contributed by atoms with E-state index >= 15 is 0 Å². The summed E-state index contributed by atoms with van der Waals surface area (Å²) in [5.41, 5.74) is 0. The SMILES string of the molecule is CC(C)(C)[Si](c1ccccc1)(c1ccccc1)C1(O)CC[C@@H](CO)S1. The van der Waals surface area contributed by atoms with Gasteiger partial charge in [0.2, 0.25) is 0 Å². The highest BCUT2D eigenvalue weighted by atomic mass is 32.2. The minimum atomic E-state index is -2.59. The Morgan fingerprint density at radius 3 is 1.84 bits per heavy atom. The molecule has 0 amide bonds. The van der Waals surface area contributed by atoms with Gasteiger partial charge < -0.3 is 10.2 Å². The Hall–Kier alpha value is -1.07. The van der Waals surface area contributed by atoms with Gasteiger partial charge in [-0.15, -0.1) is 11.8 Å². The molecule has 1 heterocycles. The zero-order valence-corrected chi connectivity index (χ0v) is 17.1. The Bertz CT molecular complexity index is 659. The van der Waals surface area contributed by atoms with Crippen molar-refractivity contribution in [2.75, 3.05) is 6.61 Å². The lowest BCUT2D eigenvalue weighted by atomic mass is 10.2. The van der Waals surface area contributed by atoms with E-state index in [0.29, 0.717) is 0 Å². The predicted molar refractivity (Wildman–Crippen MR) is 110 cm³/mol. The van der Waals surface area contributed by atoms with Gasteiger partial charge in [0.05, 0.1) is 6.61 Å². The van der Waals surface area contributed by atoms with E-state index in [0.717, 1.165) is 12.8 Å². The first-order valence-corrected chi connectivity index (χ1v) is 11.9. The monoisotopic (exact) mass is 372 g/mol. The number of hydrogen-bond acceptors (Lipinski definition) is 3. The molecule has 0 radical (unpaired) electrons. The summed E-state index contributed by atoms with van der Waals surface area (Å²) in [4.78, 5) is 0. The van der Waals surface area contributed by atoms with E-state index < -0.39 is 12.6 Å². The van der Waals surface area contributed by atoms with Crippen LogP contribution in [0.1, 0.15) is 33.6 Å². The zero-order chi connectivity index (χ0) is 18.1. The van der Waals surface area contributed by atoms with E-state index in [1.54, 1.807) is 11.8 Å². The van der Waals surface area contributed by atoms with Gasteiger partial charge in [-0.3, -0.25) is 0 Å². The van der Waals surface area contributed by atoms with Crippen molar-refractivity contribution in [1.29, 1.82) is 0 Å². The molecule has 2 atom stereocenters. The molecule has 1 aliphatic rings. The van der Waals surface area contributed by atoms with Crippen molar-refractivity contribution in [2.24, 2.45) is 0 Å². The van der Waals surface area contributed by atoms with Gasteiger partial charge in [-0.2, -0.15) is 0 Å². The molecule has 1 fully saturated rings. The molecular weight excluding hydrogens is 344 g/mol. The van der Waals surface area contributed by atoms with Crippen molar-refractivity contribution in [3.63, 3.8) is 0 Å². The maximum Gasteiger partial charge on any atom is 0.170 e. The van der Waals surface area contributed by atoms with E-state index in [1.807, 2.05) is 12.1 Å². The first-order valence-electron chi connectivity index (χ1n) is 8.97. The predicted octanol–water partition coefficient (Wildman–Crippen LogP) is 3.17. The number of hydrogen-bond donors (Lipinski definition) is 2. The van der Waals surface area contributed by atoms with Gasteiger partial charge in [0.1, 0.15) is 4.56 Å².